The summed E-state index contributed by atoms with van der Waals surface area (Å²) in [4.78, 5) is 12.7. The highest BCUT2D eigenvalue weighted by atomic mass is 79.9. The topological polar surface area (TPSA) is 43.3 Å². The third kappa shape index (κ3) is 4.16. The Balaban J connectivity index is 2.24. The molecule has 0 aliphatic heterocycles. The maximum absolute atomic E-state index is 12.7. The van der Waals surface area contributed by atoms with Gasteiger partial charge in [0.25, 0.3) is 5.91 Å². The van der Waals surface area contributed by atoms with Crippen molar-refractivity contribution in [2.45, 2.75) is 33.1 Å². The summed E-state index contributed by atoms with van der Waals surface area (Å²) in [5.41, 5.74) is 2.52. The fourth-order valence-corrected chi connectivity index (χ4v) is 2.94. The molecule has 1 aromatic carbocycles. The van der Waals surface area contributed by atoms with Gasteiger partial charge in [0.05, 0.1) is 22.5 Å². The summed E-state index contributed by atoms with van der Waals surface area (Å²) in [6, 6.07) is 7.35. The number of para-hydroxylation sites is 1. The molecule has 0 fully saturated rings. The Kier molecular flexibility index (Phi) is 6.28. The second-order valence-electron chi connectivity index (χ2n) is 5.47. The normalized spacial score (nSPS) is 10.6. The molecule has 0 bridgehead atoms. The minimum atomic E-state index is -0.146. The lowest BCUT2D eigenvalue weighted by atomic mass is 10.1. The van der Waals surface area contributed by atoms with Gasteiger partial charge in [-0.05, 0) is 40.9 Å². The Morgan fingerprint density at radius 2 is 2.00 bits per heavy atom. The van der Waals surface area contributed by atoms with Crippen molar-refractivity contribution < 1.29 is 9.53 Å². The Hall–Kier alpha value is -1.75. The Morgan fingerprint density at radius 1 is 1.26 bits per heavy atom. The van der Waals surface area contributed by atoms with Crippen LogP contribution in [0.5, 0.6) is 5.75 Å². The first-order valence-electron chi connectivity index (χ1n) is 7.95. The van der Waals surface area contributed by atoms with E-state index in [9.17, 15) is 4.79 Å². The summed E-state index contributed by atoms with van der Waals surface area (Å²) >= 11 is 3.58. The van der Waals surface area contributed by atoms with Crippen LogP contribution in [0.4, 0.5) is 5.69 Å². The summed E-state index contributed by atoms with van der Waals surface area (Å²) in [6.45, 7) is 4.77. The molecule has 1 aromatic heterocycles. The van der Waals surface area contributed by atoms with Crippen molar-refractivity contribution in [2.75, 3.05) is 11.9 Å². The molecule has 0 aliphatic rings. The number of halogens is 1. The van der Waals surface area contributed by atoms with Gasteiger partial charge in [0.15, 0.2) is 0 Å². The van der Waals surface area contributed by atoms with E-state index in [4.69, 9.17) is 4.74 Å². The zero-order valence-electron chi connectivity index (χ0n) is 13.9. The molecule has 1 N–H and O–H groups in total. The van der Waals surface area contributed by atoms with Gasteiger partial charge in [-0.1, -0.05) is 32.4 Å². The van der Waals surface area contributed by atoms with E-state index >= 15 is 0 Å². The molecule has 0 unspecified atom stereocenters. The molecule has 2 aromatic rings. The molecule has 5 heteroatoms. The predicted octanol–water partition coefficient (Wildman–Crippen LogP) is 4.78. The number of rotatable bonds is 7. The number of carbonyl (C=O) groups excluding carboxylic acids is 1. The first-order chi connectivity index (χ1) is 11.1. The molecular formula is C18H23BrN2O2. The zero-order valence-corrected chi connectivity index (χ0v) is 15.4. The van der Waals surface area contributed by atoms with Crippen molar-refractivity contribution in [2.24, 2.45) is 7.05 Å². The van der Waals surface area contributed by atoms with Gasteiger partial charge in [0.1, 0.15) is 5.75 Å². The molecule has 0 saturated carbocycles. The summed E-state index contributed by atoms with van der Waals surface area (Å²) < 4.78 is 8.65. The number of amides is 1. The van der Waals surface area contributed by atoms with Crippen LogP contribution in [-0.4, -0.2) is 17.1 Å². The molecule has 4 nitrogen and oxygen atoms in total. The van der Waals surface area contributed by atoms with E-state index in [-0.39, 0.29) is 5.91 Å². The Labute approximate surface area is 146 Å². The molecule has 0 aliphatic carbocycles. The molecule has 23 heavy (non-hydrogen) atoms. The van der Waals surface area contributed by atoms with Crippen LogP contribution in [0.1, 0.15) is 42.6 Å². The van der Waals surface area contributed by atoms with E-state index in [0.29, 0.717) is 17.9 Å². The quantitative estimate of drug-likeness (QED) is 0.752. The molecule has 0 atom stereocenters. The first-order valence-corrected chi connectivity index (χ1v) is 8.74. The Bertz CT molecular complexity index is 680. The van der Waals surface area contributed by atoms with Crippen molar-refractivity contribution in [1.82, 2.24) is 4.57 Å². The number of nitrogens with zero attached hydrogens (tertiary/aromatic N) is 1. The van der Waals surface area contributed by atoms with Gasteiger partial charge < -0.3 is 14.6 Å². The lowest BCUT2D eigenvalue weighted by molar-refractivity contribution is 0.102. The van der Waals surface area contributed by atoms with Crippen LogP contribution >= 0.6 is 15.9 Å². The van der Waals surface area contributed by atoms with E-state index in [1.165, 1.54) is 0 Å². The molecule has 1 heterocycles. The van der Waals surface area contributed by atoms with E-state index in [0.717, 1.165) is 35.1 Å². The number of aromatic nitrogens is 1. The molecular weight excluding hydrogens is 356 g/mol. The fraction of sp³-hybridized carbons (Fsp3) is 0.389. The van der Waals surface area contributed by atoms with Gasteiger partial charge in [-0.3, -0.25) is 4.79 Å². The summed E-state index contributed by atoms with van der Waals surface area (Å²) in [7, 11) is 1.96. The van der Waals surface area contributed by atoms with Crippen LogP contribution in [0, 0.1) is 0 Å². The third-order valence-corrected chi connectivity index (χ3v) is 4.59. The number of benzene rings is 1. The number of aryl methyl sites for hydroxylation is 1. The maximum Gasteiger partial charge on any atom is 0.259 e. The van der Waals surface area contributed by atoms with Crippen molar-refractivity contribution in [3.63, 3.8) is 0 Å². The largest absolute Gasteiger partial charge is 0.493 e. The second-order valence-corrected chi connectivity index (χ2v) is 6.22. The average Bonchev–Trinajstić information content (AvgIpc) is 2.81. The number of ether oxygens (including phenoxy) is 1. The highest BCUT2D eigenvalue weighted by molar-refractivity contribution is 9.10. The van der Waals surface area contributed by atoms with Crippen LogP contribution in [0.2, 0.25) is 0 Å². The molecule has 2 rings (SSSR count). The van der Waals surface area contributed by atoms with E-state index < -0.39 is 0 Å². The standard InChI is InChI=1S/C18H23BrN2O2/c1-4-8-13-15(12-21(3)17(13)19)20-18(22)14-9-6-7-10-16(14)23-11-5-2/h6-7,9-10,12H,4-5,8,11H2,1-3H3,(H,20,22). The smallest absolute Gasteiger partial charge is 0.259 e. The molecule has 0 saturated heterocycles. The van der Waals surface area contributed by atoms with Crippen LogP contribution in [0.25, 0.3) is 0 Å². The predicted molar refractivity (Wildman–Crippen MR) is 97.3 cm³/mol. The van der Waals surface area contributed by atoms with Crippen LogP contribution in [-0.2, 0) is 13.5 Å². The molecule has 0 spiro atoms. The van der Waals surface area contributed by atoms with Gasteiger partial charge in [-0.15, -0.1) is 0 Å². The van der Waals surface area contributed by atoms with Crippen LogP contribution in [0.3, 0.4) is 0 Å². The maximum atomic E-state index is 12.7. The second kappa shape index (κ2) is 8.20. The van der Waals surface area contributed by atoms with Crippen LogP contribution in [0.15, 0.2) is 35.1 Å². The number of carbonyl (C=O) groups is 1. The zero-order chi connectivity index (χ0) is 16.8. The Morgan fingerprint density at radius 3 is 2.70 bits per heavy atom. The summed E-state index contributed by atoms with van der Waals surface area (Å²) in [5, 5.41) is 3.02. The number of anilines is 1. The minimum Gasteiger partial charge on any atom is -0.493 e. The van der Waals surface area contributed by atoms with Crippen molar-refractivity contribution in [3.8, 4) is 5.75 Å². The van der Waals surface area contributed by atoms with Gasteiger partial charge in [-0.2, -0.15) is 0 Å². The minimum absolute atomic E-state index is 0.146. The van der Waals surface area contributed by atoms with Crippen molar-refractivity contribution in [3.05, 3.63) is 46.2 Å². The van der Waals surface area contributed by atoms with Gasteiger partial charge in [0, 0.05) is 18.8 Å². The molecule has 124 valence electrons. The fourth-order valence-electron chi connectivity index (χ4n) is 2.43. The lowest BCUT2D eigenvalue weighted by Gasteiger charge is -2.11. The average molecular weight is 379 g/mol. The molecule has 0 radical (unpaired) electrons. The monoisotopic (exact) mass is 378 g/mol. The number of nitrogens with one attached hydrogen (secondary N) is 1. The number of hydrogen-bond acceptors (Lipinski definition) is 2. The lowest BCUT2D eigenvalue weighted by Crippen LogP contribution is -2.14. The van der Waals surface area contributed by atoms with Crippen molar-refractivity contribution in [1.29, 1.82) is 0 Å². The first kappa shape index (κ1) is 17.6. The van der Waals surface area contributed by atoms with E-state index in [1.807, 2.05) is 42.9 Å². The van der Waals surface area contributed by atoms with Crippen LogP contribution < -0.4 is 10.1 Å². The number of hydrogen-bond donors (Lipinski definition) is 1. The third-order valence-electron chi connectivity index (χ3n) is 3.55. The van der Waals surface area contributed by atoms with Gasteiger partial charge >= 0.3 is 0 Å². The highest BCUT2D eigenvalue weighted by Crippen LogP contribution is 2.29. The summed E-state index contributed by atoms with van der Waals surface area (Å²) in [6.07, 6.45) is 4.76. The van der Waals surface area contributed by atoms with Gasteiger partial charge in [0.2, 0.25) is 0 Å². The SMILES string of the molecule is CCCOc1ccccc1C(=O)Nc1cn(C)c(Br)c1CCC. The highest BCUT2D eigenvalue weighted by Gasteiger charge is 2.17. The van der Waals surface area contributed by atoms with Gasteiger partial charge in [-0.25, -0.2) is 0 Å². The van der Waals surface area contributed by atoms with E-state index in [1.54, 1.807) is 6.07 Å². The summed E-state index contributed by atoms with van der Waals surface area (Å²) in [5.74, 6) is 0.478. The molecule has 1 amide bonds. The van der Waals surface area contributed by atoms with Crippen molar-refractivity contribution >= 4 is 27.5 Å². The van der Waals surface area contributed by atoms with E-state index in [2.05, 4.69) is 28.2 Å².